The molecule has 27 heavy (non-hydrogen) atoms. The molecule has 1 fully saturated rings. The zero-order valence-electron chi connectivity index (χ0n) is 15.6. The maximum Gasteiger partial charge on any atom is 0.410 e. The summed E-state index contributed by atoms with van der Waals surface area (Å²) in [6.07, 6.45) is -0.470. The van der Waals surface area contributed by atoms with Gasteiger partial charge >= 0.3 is 12.1 Å². The summed E-state index contributed by atoms with van der Waals surface area (Å²) in [5.41, 5.74) is 0.860. The Morgan fingerprint density at radius 3 is 2.63 bits per heavy atom. The topological polar surface area (TPSA) is 105 Å². The lowest BCUT2D eigenvalue weighted by molar-refractivity contribution is -0.142. The highest BCUT2D eigenvalue weighted by molar-refractivity contribution is 5.86. The van der Waals surface area contributed by atoms with Crippen LogP contribution in [-0.2, 0) is 25.7 Å². The van der Waals surface area contributed by atoms with Crippen molar-refractivity contribution in [2.75, 3.05) is 13.7 Å². The van der Waals surface area contributed by atoms with Gasteiger partial charge in [0.25, 0.3) is 0 Å². The number of esters is 1. The number of nitrogens with zero attached hydrogens (tertiary/aromatic N) is 1. The van der Waals surface area contributed by atoms with Crippen LogP contribution in [0, 0.1) is 0 Å². The highest BCUT2D eigenvalue weighted by atomic mass is 16.6. The number of nitrogens with one attached hydrogen (secondary N) is 1. The number of carbonyl (C=O) groups excluding carboxylic acids is 3. The molecule has 2 N–H and O–H groups in total. The van der Waals surface area contributed by atoms with E-state index in [9.17, 15) is 19.5 Å². The Hall–Kier alpha value is -2.61. The summed E-state index contributed by atoms with van der Waals surface area (Å²) in [4.78, 5) is 37.8. The number of carbonyl (C=O) groups is 3. The molecule has 148 valence electrons. The van der Waals surface area contributed by atoms with Gasteiger partial charge in [0.15, 0.2) is 0 Å². The molecule has 2 amide bonds. The van der Waals surface area contributed by atoms with Gasteiger partial charge in [-0.05, 0) is 25.3 Å². The number of likely N-dealkylation sites (tertiary alicyclic amines) is 1. The first-order valence-corrected chi connectivity index (χ1v) is 8.95. The van der Waals surface area contributed by atoms with Gasteiger partial charge in [0, 0.05) is 6.54 Å². The fourth-order valence-corrected chi connectivity index (χ4v) is 2.94. The van der Waals surface area contributed by atoms with Crippen LogP contribution >= 0.6 is 0 Å². The Labute approximate surface area is 158 Å². The van der Waals surface area contributed by atoms with E-state index in [2.05, 4.69) is 10.1 Å². The first-order valence-electron chi connectivity index (χ1n) is 8.95. The summed E-state index contributed by atoms with van der Waals surface area (Å²) in [7, 11) is 1.24. The Balaban J connectivity index is 1.94. The number of benzene rings is 1. The van der Waals surface area contributed by atoms with Crippen LogP contribution in [0.4, 0.5) is 4.79 Å². The van der Waals surface area contributed by atoms with Crippen LogP contribution in [-0.4, -0.2) is 59.8 Å². The molecule has 1 aliphatic rings. The lowest BCUT2D eigenvalue weighted by Gasteiger charge is -2.27. The van der Waals surface area contributed by atoms with Gasteiger partial charge in [-0.15, -0.1) is 0 Å². The Morgan fingerprint density at radius 1 is 1.30 bits per heavy atom. The fourth-order valence-electron chi connectivity index (χ4n) is 2.94. The first kappa shape index (κ1) is 20.7. The molecule has 0 aliphatic carbocycles. The van der Waals surface area contributed by atoms with Crippen molar-refractivity contribution < 1.29 is 29.0 Å². The van der Waals surface area contributed by atoms with E-state index in [1.165, 1.54) is 18.9 Å². The Kier molecular flexibility index (Phi) is 7.60. The van der Waals surface area contributed by atoms with Crippen LogP contribution < -0.4 is 5.32 Å². The zero-order chi connectivity index (χ0) is 19.8. The Morgan fingerprint density at radius 2 is 2.00 bits per heavy atom. The van der Waals surface area contributed by atoms with Gasteiger partial charge in [0.2, 0.25) is 5.91 Å². The van der Waals surface area contributed by atoms with Crippen molar-refractivity contribution in [2.24, 2.45) is 0 Å². The average Bonchev–Trinajstić information content (AvgIpc) is 3.16. The molecule has 1 saturated heterocycles. The summed E-state index contributed by atoms with van der Waals surface area (Å²) in [6.45, 7) is 2.03. The van der Waals surface area contributed by atoms with E-state index < -0.39 is 36.2 Å². The second kappa shape index (κ2) is 9.91. The molecule has 8 nitrogen and oxygen atoms in total. The van der Waals surface area contributed by atoms with Crippen molar-refractivity contribution in [3.63, 3.8) is 0 Å². The third-order valence-electron chi connectivity index (χ3n) is 4.52. The third kappa shape index (κ3) is 5.96. The lowest BCUT2D eigenvalue weighted by Crippen LogP contribution is -2.52. The largest absolute Gasteiger partial charge is 0.469 e. The quantitative estimate of drug-likeness (QED) is 0.691. The summed E-state index contributed by atoms with van der Waals surface area (Å²) in [5, 5.41) is 12.4. The summed E-state index contributed by atoms with van der Waals surface area (Å²) >= 11 is 0. The second-order valence-electron chi connectivity index (χ2n) is 6.53. The molecule has 1 aliphatic heterocycles. The first-order chi connectivity index (χ1) is 12.9. The maximum absolute atomic E-state index is 12.6. The normalized spacial score (nSPS) is 18.5. The van der Waals surface area contributed by atoms with Crippen LogP contribution in [0.25, 0.3) is 0 Å². The average molecular weight is 378 g/mol. The molecule has 0 spiro atoms. The van der Waals surface area contributed by atoms with Gasteiger partial charge in [0.05, 0.1) is 25.7 Å². The number of methoxy groups -OCH3 is 1. The fraction of sp³-hybridized carbons (Fsp3) is 0.526. The number of hydrogen-bond donors (Lipinski definition) is 2. The summed E-state index contributed by atoms with van der Waals surface area (Å²) < 4.78 is 9.90. The van der Waals surface area contributed by atoms with Crippen molar-refractivity contribution in [1.29, 1.82) is 0 Å². The molecule has 2 rings (SSSR count). The molecular formula is C19H26N2O6. The molecule has 0 bridgehead atoms. The number of rotatable bonds is 7. The van der Waals surface area contributed by atoms with Gasteiger partial charge in [-0.2, -0.15) is 0 Å². The highest BCUT2D eigenvalue weighted by Gasteiger charge is 2.36. The van der Waals surface area contributed by atoms with E-state index >= 15 is 0 Å². The lowest BCUT2D eigenvalue weighted by atomic mass is 10.1. The van der Waals surface area contributed by atoms with Crippen molar-refractivity contribution in [2.45, 2.75) is 51.0 Å². The Bertz CT molecular complexity index is 649. The molecule has 3 atom stereocenters. The monoisotopic (exact) mass is 378 g/mol. The van der Waals surface area contributed by atoms with Crippen molar-refractivity contribution in [3.8, 4) is 0 Å². The van der Waals surface area contributed by atoms with Crippen molar-refractivity contribution >= 4 is 18.0 Å². The number of ether oxygens (including phenoxy) is 2. The predicted molar refractivity (Wildman–Crippen MR) is 96.6 cm³/mol. The van der Waals surface area contributed by atoms with Crippen LogP contribution in [0.1, 0.15) is 31.7 Å². The minimum absolute atomic E-state index is 0.128. The van der Waals surface area contributed by atoms with Gasteiger partial charge in [-0.1, -0.05) is 30.3 Å². The molecule has 0 radical (unpaired) electrons. The van der Waals surface area contributed by atoms with E-state index in [4.69, 9.17) is 4.74 Å². The predicted octanol–water partition coefficient (Wildman–Crippen LogP) is 1.22. The van der Waals surface area contributed by atoms with E-state index in [1.807, 2.05) is 30.3 Å². The van der Waals surface area contributed by atoms with Crippen LogP contribution in [0.5, 0.6) is 0 Å². The highest BCUT2D eigenvalue weighted by Crippen LogP contribution is 2.19. The zero-order valence-corrected chi connectivity index (χ0v) is 15.6. The van der Waals surface area contributed by atoms with Crippen LogP contribution in [0.15, 0.2) is 30.3 Å². The summed E-state index contributed by atoms with van der Waals surface area (Å²) in [5.74, 6) is -0.953. The van der Waals surface area contributed by atoms with Gasteiger partial charge < -0.3 is 19.9 Å². The molecule has 1 heterocycles. The second-order valence-corrected chi connectivity index (χ2v) is 6.53. The molecule has 0 saturated carbocycles. The van der Waals surface area contributed by atoms with Crippen LogP contribution in [0.2, 0.25) is 0 Å². The smallest absolute Gasteiger partial charge is 0.410 e. The molecule has 1 aromatic rings. The molecule has 0 aromatic heterocycles. The van der Waals surface area contributed by atoms with E-state index in [0.717, 1.165) is 5.56 Å². The van der Waals surface area contributed by atoms with E-state index in [0.29, 0.717) is 19.4 Å². The van der Waals surface area contributed by atoms with Crippen molar-refractivity contribution in [3.05, 3.63) is 35.9 Å². The van der Waals surface area contributed by atoms with Gasteiger partial charge in [-0.25, -0.2) is 4.79 Å². The molecule has 8 heteroatoms. The standard InChI is InChI=1S/C19H26N2O6/c1-13(22)15(11-17(23)26-2)20-18(24)16-9-6-10-21(16)19(25)27-12-14-7-4-3-5-8-14/h3-5,7-8,13,15-16,22H,6,9-12H2,1-2H3,(H,20,24)/t13-,15-,16+/m1/s1. The number of amides is 2. The van der Waals surface area contributed by atoms with Crippen LogP contribution in [0.3, 0.4) is 0 Å². The molecule has 1 aromatic carbocycles. The SMILES string of the molecule is COC(=O)C[C@@H](NC(=O)[C@@H]1CCCN1C(=O)OCc1ccccc1)[C@@H](C)O. The molecular weight excluding hydrogens is 352 g/mol. The third-order valence-corrected chi connectivity index (χ3v) is 4.52. The maximum atomic E-state index is 12.6. The van der Waals surface area contributed by atoms with E-state index in [1.54, 1.807) is 0 Å². The number of aliphatic hydroxyl groups excluding tert-OH is 1. The minimum atomic E-state index is -0.937. The minimum Gasteiger partial charge on any atom is -0.469 e. The van der Waals surface area contributed by atoms with Gasteiger partial charge in [0.1, 0.15) is 12.6 Å². The van der Waals surface area contributed by atoms with Gasteiger partial charge in [-0.3, -0.25) is 14.5 Å². The summed E-state index contributed by atoms with van der Waals surface area (Å²) in [6, 6.07) is 7.81. The van der Waals surface area contributed by atoms with Crippen molar-refractivity contribution in [1.82, 2.24) is 10.2 Å². The molecule has 0 unspecified atom stereocenters. The number of aliphatic hydroxyl groups is 1. The van der Waals surface area contributed by atoms with E-state index in [-0.39, 0.29) is 13.0 Å². The number of hydrogen-bond acceptors (Lipinski definition) is 6.